The van der Waals surface area contributed by atoms with E-state index in [1.54, 1.807) is 0 Å². The number of halogens is 2. The van der Waals surface area contributed by atoms with Crippen molar-refractivity contribution >= 4 is 188 Å². The third kappa shape index (κ3) is 14.7. The third-order valence-corrected chi connectivity index (χ3v) is 21.4. The summed E-state index contributed by atoms with van der Waals surface area (Å²) in [4.78, 5) is 74.3. The molecule has 2 aromatic heterocycles. The highest BCUT2D eigenvalue weighted by molar-refractivity contribution is 7.87. The van der Waals surface area contributed by atoms with Crippen LogP contribution in [0.3, 0.4) is 0 Å². The van der Waals surface area contributed by atoms with Crippen LogP contribution in [0.1, 0.15) is 74.8 Å². The fraction of sp³-hybridized carbons (Fsp3) is 0.0333. The first-order chi connectivity index (χ1) is 48.6. The second-order valence-corrected chi connectivity index (χ2v) is 31.3. The molecule has 0 aliphatic heterocycles. The van der Waals surface area contributed by atoms with Gasteiger partial charge in [0.05, 0.1) is 66.2 Å². The van der Waals surface area contributed by atoms with Gasteiger partial charge in [0, 0.05) is 45.0 Å². The molecule has 16 N–H and O–H groups in total. The zero-order valence-electron chi connectivity index (χ0n) is 51.4. The van der Waals surface area contributed by atoms with Gasteiger partial charge in [0.2, 0.25) is 34.4 Å². The molecule has 0 fully saturated rings. The van der Waals surface area contributed by atoms with Crippen LogP contribution in [0.15, 0.2) is 163 Å². The van der Waals surface area contributed by atoms with Crippen molar-refractivity contribution in [3.05, 3.63) is 200 Å². The van der Waals surface area contributed by atoms with Gasteiger partial charge in [0.1, 0.15) is 19.6 Å². The normalized spacial score (nSPS) is 13.1. The molecule has 0 saturated carbocycles. The molecule has 104 heavy (non-hydrogen) atoms. The van der Waals surface area contributed by atoms with Crippen LogP contribution in [-0.4, -0.2) is 131 Å². The van der Waals surface area contributed by atoms with Crippen molar-refractivity contribution in [3.63, 3.8) is 0 Å². The Bertz CT molecular complexity index is 5870. The summed E-state index contributed by atoms with van der Waals surface area (Å²) < 4.78 is 215. The maximum absolute atomic E-state index is 13.9. The zero-order valence-corrected chi connectivity index (χ0v) is 57.8. The third-order valence-electron chi connectivity index (χ3n) is 15.6. The number of nitrogen functional groups attached to an aromatic ring is 2. The largest absolute Gasteiger partial charge is 0.397 e. The number of ketones is 4. The molecular weight excluding hydrogens is 1530 g/mol. The number of hydrogen-bond acceptors (Lipinski definition) is 30. The predicted molar refractivity (Wildman–Crippen MR) is 370 cm³/mol. The highest BCUT2D eigenvalue weighted by Crippen LogP contribution is 2.44. The smallest absolute Gasteiger partial charge is 0.296 e. The van der Waals surface area contributed by atoms with Crippen LogP contribution in [0.2, 0.25) is 10.6 Å². The fourth-order valence-electron chi connectivity index (χ4n) is 11.2. The molecule has 10 aromatic rings. The second-order valence-electron chi connectivity index (χ2n) is 22.3. The van der Waals surface area contributed by atoms with E-state index < -0.39 is 204 Å². The highest BCUT2D eigenvalue weighted by atomic mass is 35.5. The summed E-state index contributed by atoms with van der Waals surface area (Å²) in [6.45, 7) is 0. The number of carbonyl (C=O) groups excluding carboxylic acids is 4. The number of nitrogens with two attached hydrogens (primary N) is 2. The monoisotopic (exact) mass is 1570 g/mol. The highest BCUT2D eigenvalue weighted by Gasteiger charge is 2.39. The average Bonchev–Trinajstić information content (AvgIpc) is 0.732. The summed E-state index contributed by atoms with van der Waals surface area (Å²) in [7, 11) is -30.9. The summed E-state index contributed by atoms with van der Waals surface area (Å²) in [6.07, 6.45) is -0.739. The molecule has 2 aliphatic carbocycles. The topological polar surface area (TPSA) is 596 Å². The molecule has 0 unspecified atom stereocenters. The maximum atomic E-state index is 13.9. The van der Waals surface area contributed by atoms with Crippen LogP contribution < -0.4 is 43.4 Å². The van der Waals surface area contributed by atoms with Gasteiger partial charge in [-0.1, -0.05) is 60.7 Å². The number of fused-ring (bicyclic) bond motifs is 4. The van der Waals surface area contributed by atoms with Gasteiger partial charge in [-0.05, 0) is 120 Å². The number of nitrogens with zero attached hydrogens (tertiary/aromatic N) is 6. The zero-order chi connectivity index (χ0) is 75.2. The summed E-state index contributed by atoms with van der Waals surface area (Å²) in [6, 6.07) is 25.1. The van der Waals surface area contributed by atoms with Gasteiger partial charge in [0.15, 0.2) is 23.1 Å². The van der Waals surface area contributed by atoms with Gasteiger partial charge < -0.3 is 43.4 Å². The number of rotatable bonds is 21. The molecule has 0 spiro atoms. The van der Waals surface area contributed by atoms with Gasteiger partial charge >= 0.3 is 0 Å². The van der Waals surface area contributed by atoms with E-state index in [-0.39, 0.29) is 69.0 Å². The van der Waals surface area contributed by atoms with Gasteiger partial charge in [-0.2, -0.15) is 80.4 Å². The van der Waals surface area contributed by atoms with Crippen LogP contribution in [0.25, 0.3) is 0 Å². The first-order valence-corrected chi connectivity index (χ1v) is 38.1. The molecule has 2 heterocycles. The molecule has 44 heteroatoms. The van der Waals surface area contributed by atoms with Gasteiger partial charge in [-0.3, -0.25) is 46.5 Å². The lowest BCUT2D eigenvalue weighted by Gasteiger charge is -2.24. The number of hydrogen-bond donors (Lipinski definition) is 14. The van der Waals surface area contributed by atoms with Crippen molar-refractivity contribution < 1.29 is 97.0 Å². The maximum Gasteiger partial charge on any atom is 0.296 e. The molecule has 0 saturated heterocycles. The molecule has 2 aliphatic rings. The van der Waals surface area contributed by atoms with Gasteiger partial charge in [0.25, 0.3) is 60.7 Å². The molecule has 0 amide bonds. The molecule has 0 bridgehead atoms. The lowest BCUT2D eigenvalue weighted by molar-refractivity contribution is 0.0980. The van der Waals surface area contributed by atoms with E-state index in [2.05, 4.69) is 61.8 Å². The standard InChI is InChI=1S/C60H42Cl2N14O22S6/c61-55-71-57(75-59(73-55)69-35-19-27(15-17-39(35)99(81,82)83)65-37-23-43(103(93,94)95)49(63)47-45(37)51(77)31-5-1-3-7-33(31)53(47)79)67-29-13-11-25(41(21-29)101(87,88)89)9-10-26-12-14-30(22-42(26)102(90,91)92)68-58-72-56(62)74-60(76-58)70-36-20-28(16-18-40(36)100(84,85)86)66-38-24-44(104(96,97)98)50(64)48-46(38)52(78)32-6-2-4-8-34(32)54(48)80/h1-8,11-24,65-66H,9-10,63-64H2,(H,81,82,83)(H,84,85,86)(H,87,88,89)(H,90,91,92)(H,93,94,95)(H,96,97,98)(H2,67,69,71,73,75)(H2,68,70,72,74,76). The van der Waals surface area contributed by atoms with Gasteiger partial charge in [-0.25, -0.2) is 0 Å². The molecule has 0 atom stereocenters. The molecular formula is C60H42Cl2N14O22S6. The Morgan fingerprint density at radius 2 is 0.587 bits per heavy atom. The van der Waals surface area contributed by atoms with Crippen molar-refractivity contribution in [2.45, 2.75) is 42.2 Å². The molecule has 0 radical (unpaired) electrons. The summed E-state index contributed by atoms with van der Waals surface area (Å²) in [5.41, 5.74) is 5.47. The Morgan fingerprint density at radius 3 is 0.894 bits per heavy atom. The second kappa shape index (κ2) is 26.6. The Morgan fingerprint density at radius 1 is 0.308 bits per heavy atom. The van der Waals surface area contributed by atoms with Crippen LogP contribution in [0.4, 0.5) is 80.7 Å². The Balaban J connectivity index is 0.776. The van der Waals surface area contributed by atoms with E-state index in [1.807, 2.05) is 0 Å². The minimum Gasteiger partial charge on any atom is -0.397 e. The van der Waals surface area contributed by atoms with Crippen molar-refractivity contribution in [1.82, 2.24) is 29.9 Å². The van der Waals surface area contributed by atoms with E-state index in [4.69, 9.17) is 34.7 Å². The molecule has 36 nitrogen and oxygen atoms in total. The van der Waals surface area contributed by atoms with Crippen molar-refractivity contribution in [2.75, 3.05) is 43.4 Å². The first kappa shape index (κ1) is 72.7. The number of anilines is 14. The fourth-order valence-corrected chi connectivity index (χ4v) is 15.7. The van der Waals surface area contributed by atoms with Crippen LogP contribution in [-0.2, 0) is 73.6 Å². The Kier molecular flexibility index (Phi) is 18.6. The number of nitrogens with one attached hydrogen (secondary N) is 6. The van der Waals surface area contributed by atoms with Crippen molar-refractivity contribution in [2.24, 2.45) is 0 Å². The first-order valence-electron chi connectivity index (χ1n) is 28.7. The van der Waals surface area contributed by atoms with E-state index in [9.17, 15) is 97.0 Å². The van der Waals surface area contributed by atoms with Crippen molar-refractivity contribution in [3.8, 4) is 0 Å². The average molecular weight is 1570 g/mol. The van der Waals surface area contributed by atoms with Crippen LogP contribution in [0, 0.1) is 0 Å². The Hall–Kier alpha value is -11.1. The van der Waals surface area contributed by atoms with Crippen LogP contribution in [0.5, 0.6) is 0 Å². The lowest BCUT2D eigenvalue weighted by atomic mass is 9.82. The van der Waals surface area contributed by atoms with E-state index in [1.165, 1.54) is 72.8 Å². The number of aryl methyl sites for hydroxylation is 2. The quantitative estimate of drug-likeness (QED) is 0.0241. The molecule has 12 rings (SSSR count). The van der Waals surface area contributed by atoms with Crippen LogP contribution >= 0.6 is 23.2 Å². The lowest BCUT2D eigenvalue weighted by Crippen LogP contribution is -2.25. The summed E-state index contributed by atoms with van der Waals surface area (Å²) in [5.74, 6) is -5.42. The van der Waals surface area contributed by atoms with E-state index in [0.29, 0.717) is 0 Å². The van der Waals surface area contributed by atoms with Crippen molar-refractivity contribution in [1.29, 1.82) is 0 Å². The molecule has 8 aromatic carbocycles. The van der Waals surface area contributed by atoms with Gasteiger partial charge in [-0.15, -0.1) is 0 Å². The minimum atomic E-state index is -5.18. The molecule has 534 valence electrons. The summed E-state index contributed by atoms with van der Waals surface area (Å²) in [5, 5.41) is 14.6. The summed E-state index contributed by atoms with van der Waals surface area (Å²) >= 11 is 12.5. The Labute approximate surface area is 595 Å². The predicted octanol–water partition coefficient (Wildman–Crippen LogP) is 7.81. The number of aromatic nitrogens is 6. The minimum absolute atomic E-state index is 0.0872. The van der Waals surface area contributed by atoms with E-state index in [0.717, 1.165) is 60.7 Å². The number of carbonyl (C=O) groups is 4. The SMILES string of the molecule is Nc1c(S(=O)(=O)O)cc(Nc2ccc(S(=O)(=O)O)c(Nc3nc(Cl)nc(Nc4ccc(CCc5ccc(Nc6nc(Cl)nc(Nc7cc(Nc8cc(S(=O)(=O)O)c(N)c9c8C(=O)c8ccccc8C9=O)ccc7S(=O)(=O)O)n6)cc5S(=O)(=O)O)c(S(=O)(=O)O)c4)n3)c2)c2c1C(=O)c1ccccc1C2=O. The van der Waals surface area contributed by atoms with E-state index >= 15 is 0 Å². The number of benzene rings is 8.